The van der Waals surface area contributed by atoms with E-state index in [1.165, 1.54) is 4.68 Å². The van der Waals surface area contributed by atoms with E-state index in [0.717, 1.165) is 18.2 Å². The molecular weight excluding hydrogens is 347 g/mol. The maximum atomic E-state index is 13.2. The molecule has 1 amide bonds. The molecule has 0 aliphatic heterocycles. The molecule has 0 saturated heterocycles. The number of aromatic nitrogens is 2. The first kappa shape index (κ1) is 18.1. The van der Waals surface area contributed by atoms with Gasteiger partial charge in [-0.15, -0.1) is 0 Å². The summed E-state index contributed by atoms with van der Waals surface area (Å²) in [4.78, 5) is 12.4. The van der Waals surface area contributed by atoms with Crippen LogP contribution in [0, 0.1) is 19.7 Å². The van der Waals surface area contributed by atoms with Crippen molar-refractivity contribution >= 4 is 23.2 Å². The number of carbonyl (C=O) groups is 1. The third kappa shape index (κ3) is 3.81. The highest BCUT2D eigenvalue weighted by molar-refractivity contribution is 6.31. The molecule has 1 atom stereocenters. The van der Waals surface area contributed by atoms with Gasteiger partial charge in [0.25, 0.3) is 0 Å². The third-order valence-electron chi connectivity index (χ3n) is 3.40. The fourth-order valence-electron chi connectivity index (χ4n) is 2.16. The molecule has 0 aliphatic carbocycles. The second-order valence-electron chi connectivity index (χ2n) is 5.11. The predicted octanol–water partition coefficient (Wildman–Crippen LogP) is 4.09. The van der Waals surface area contributed by atoms with Gasteiger partial charge in [0, 0.05) is 6.07 Å². The average molecular weight is 362 g/mol. The van der Waals surface area contributed by atoms with Gasteiger partial charge < -0.3 is 10.1 Å². The normalized spacial score (nSPS) is 12.3. The Bertz CT molecular complexity index is 765. The predicted molar refractivity (Wildman–Crippen MR) is 83.1 cm³/mol. The van der Waals surface area contributed by atoms with Gasteiger partial charge in [-0.25, -0.2) is 4.39 Å². The molecule has 1 unspecified atom stereocenters. The number of rotatable bonds is 5. The number of benzene rings is 1. The Labute approximate surface area is 141 Å². The van der Waals surface area contributed by atoms with Gasteiger partial charge >= 0.3 is 6.61 Å². The summed E-state index contributed by atoms with van der Waals surface area (Å²) in [6.07, 6.45) is 0. The molecule has 0 saturated carbocycles. The van der Waals surface area contributed by atoms with E-state index in [0.29, 0.717) is 16.4 Å². The lowest BCUT2D eigenvalue weighted by atomic mass is 10.2. The van der Waals surface area contributed by atoms with Crippen LogP contribution < -0.4 is 10.1 Å². The minimum Gasteiger partial charge on any atom is -0.432 e. The fourth-order valence-corrected chi connectivity index (χ4v) is 2.29. The number of anilines is 1. The highest BCUT2D eigenvalue weighted by Crippen LogP contribution is 2.28. The van der Waals surface area contributed by atoms with Crippen LogP contribution >= 0.6 is 11.6 Å². The van der Waals surface area contributed by atoms with Crippen molar-refractivity contribution in [3.05, 3.63) is 40.4 Å². The van der Waals surface area contributed by atoms with Gasteiger partial charge in [-0.1, -0.05) is 11.6 Å². The SMILES string of the molecule is Cc1nn(C(C)C(=O)Nc2ccc(F)cc2OC(F)F)c(C)c1Cl. The van der Waals surface area contributed by atoms with Gasteiger partial charge in [-0.2, -0.15) is 13.9 Å². The van der Waals surface area contributed by atoms with E-state index in [-0.39, 0.29) is 5.69 Å². The molecule has 0 fully saturated rings. The standard InChI is InChI=1S/C15H15ClF3N3O2/c1-7-13(16)8(2)22(21-7)9(3)14(23)20-11-5-4-10(17)6-12(11)24-15(18)19/h4-6,9,15H,1-3H3,(H,20,23). The summed E-state index contributed by atoms with van der Waals surface area (Å²) < 4.78 is 43.7. The molecule has 9 heteroatoms. The van der Waals surface area contributed by atoms with Gasteiger partial charge in [0.05, 0.1) is 22.1 Å². The van der Waals surface area contributed by atoms with Crippen molar-refractivity contribution in [2.75, 3.05) is 5.32 Å². The number of ether oxygens (including phenoxy) is 1. The molecule has 2 aromatic rings. The van der Waals surface area contributed by atoms with Crippen LogP contribution in [0.25, 0.3) is 0 Å². The summed E-state index contributed by atoms with van der Waals surface area (Å²) in [5.74, 6) is -1.76. The first-order valence-electron chi connectivity index (χ1n) is 6.97. The zero-order valence-corrected chi connectivity index (χ0v) is 13.9. The maximum absolute atomic E-state index is 13.2. The summed E-state index contributed by atoms with van der Waals surface area (Å²) >= 11 is 6.05. The lowest BCUT2D eigenvalue weighted by Crippen LogP contribution is -2.25. The molecule has 2 rings (SSSR count). The third-order valence-corrected chi connectivity index (χ3v) is 3.95. The topological polar surface area (TPSA) is 56.2 Å². The number of nitrogens with one attached hydrogen (secondary N) is 1. The lowest BCUT2D eigenvalue weighted by molar-refractivity contribution is -0.119. The number of halogens is 4. The molecule has 0 spiro atoms. The highest BCUT2D eigenvalue weighted by atomic mass is 35.5. The van der Waals surface area contributed by atoms with Crippen LogP contribution in [0.15, 0.2) is 18.2 Å². The molecule has 0 radical (unpaired) electrons. The maximum Gasteiger partial charge on any atom is 0.387 e. The first-order chi connectivity index (χ1) is 11.2. The number of nitrogens with zero attached hydrogens (tertiary/aromatic N) is 2. The summed E-state index contributed by atoms with van der Waals surface area (Å²) in [5.41, 5.74) is 1.10. The minimum absolute atomic E-state index is 0.0684. The Hall–Kier alpha value is -2.22. The summed E-state index contributed by atoms with van der Waals surface area (Å²) in [5, 5.41) is 7.04. The largest absolute Gasteiger partial charge is 0.432 e. The van der Waals surface area contributed by atoms with Crippen LogP contribution in [0.3, 0.4) is 0 Å². The molecule has 0 aliphatic rings. The van der Waals surface area contributed by atoms with E-state index in [1.54, 1.807) is 20.8 Å². The van der Waals surface area contributed by atoms with Crippen molar-refractivity contribution in [1.82, 2.24) is 9.78 Å². The Balaban J connectivity index is 2.24. The van der Waals surface area contributed by atoms with Crippen LogP contribution in [0.5, 0.6) is 5.75 Å². The molecule has 130 valence electrons. The molecule has 1 N–H and O–H groups in total. The number of hydrogen-bond acceptors (Lipinski definition) is 3. The van der Waals surface area contributed by atoms with Crippen LogP contribution in [0.1, 0.15) is 24.4 Å². The zero-order valence-electron chi connectivity index (χ0n) is 13.1. The molecule has 1 aromatic carbocycles. The molecule has 1 heterocycles. The number of carbonyl (C=O) groups excluding carboxylic acids is 1. The summed E-state index contributed by atoms with van der Waals surface area (Å²) in [7, 11) is 0. The molecule has 0 bridgehead atoms. The van der Waals surface area contributed by atoms with Gasteiger partial charge in [0.1, 0.15) is 11.9 Å². The van der Waals surface area contributed by atoms with E-state index < -0.39 is 30.1 Å². The van der Waals surface area contributed by atoms with Crippen LogP contribution in [-0.2, 0) is 4.79 Å². The van der Waals surface area contributed by atoms with Crippen LogP contribution in [-0.4, -0.2) is 22.3 Å². The molecule has 5 nitrogen and oxygen atoms in total. The van der Waals surface area contributed by atoms with Gasteiger partial charge in [-0.05, 0) is 32.9 Å². The molecule has 1 aromatic heterocycles. The lowest BCUT2D eigenvalue weighted by Gasteiger charge is -2.16. The Kier molecular flexibility index (Phi) is 5.38. The fraction of sp³-hybridized carbons (Fsp3) is 0.333. The van der Waals surface area contributed by atoms with Crippen molar-refractivity contribution in [3.8, 4) is 5.75 Å². The van der Waals surface area contributed by atoms with E-state index in [1.807, 2.05) is 0 Å². The highest BCUT2D eigenvalue weighted by Gasteiger charge is 2.22. The van der Waals surface area contributed by atoms with Crippen LogP contribution in [0.2, 0.25) is 5.02 Å². The summed E-state index contributed by atoms with van der Waals surface area (Å²) in [6.45, 7) is 1.83. The van der Waals surface area contributed by atoms with Crippen molar-refractivity contribution in [1.29, 1.82) is 0 Å². The van der Waals surface area contributed by atoms with Crippen molar-refractivity contribution in [3.63, 3.8) is 0 Å². The summed E-state index contributed by atoms with van der Waals surface area (Å²) in [6, 6.07) is 2.18. The van der Waals surface area contributed by atoms with Crippen LogP contribution in [0.4, 0.5) is 18.9 Å². The quantitative estimate of drug-likeness (QED) is 0.872. The monoisotopic (exact) mass is 361 g/mol. The second-order valence-corrected chi connectivity index (χ2v) is 5.49. The van der Waals surface area contributed by atoms with Crippen molar-refractivity contribution < 1.29 is 22.7 Å². The minimum atomic E-state index is -3.14. The smallest absolute Gasteiger partial charge is 0.387 e. The van der Waals surface area contributed by atoms with Gasteiger partial charge in [-0.3, -0.25) is 9.48 Å². The van der Waals surface area contributed by atoms with E-state index in [4.69, 9.17) is 11.6 Å². The van der Waals surface area contributed by atoms with Gasteiger partial charge in [0.15, 0.2) is 5.75 Å². The second kappa shape index (κ2) is 7.12. The molecular formula is C15H15ClF3N3O2. The zero-order chi connectivity index (χ0) is 18.0. The Morgan fingerprint density at radius 3 is 2.58 bits per heavy atom. The van der Waals surface area contributed by atoms with Crippen molar-refractivity contribution in [2.24, 2.45) is 0 Å². The number of amides is 1. The van der Waals surface area contributed by atoms with Crippen molar-refractivity contribution in [2.45, 2.75) is 33.4 Å². The first-order valence-corrected chi connectivity index (χ1v) is 7.35. The van der Waals surface area contributed by atoms with E-state index in [2.05, 4.69) is 15.2 Å². The average Bonchev–Trinajstić information content (AvgIpc) is 2.76. The van der Waals surface area contributed by atoms with E-state index in [9.17, 15) is 18.0 Å². The Morgan fingerprint density at radius 1 is 1.38 bits per heavy atom. The number of hydrogen-bond donors (Lipinski definition) is 1. The number of alkyl halides is 2. The molecule has 24 heavy (non-hydrogen) atoms. The Morgan fingerprint density at radius 2 is 2.04 bits per heavy atom. The van der Waals surface area contributed by atoms with Gasteiger partial charge in [0.2, 0.25) is 5.91 Å². The number of aryl methyl sites for hydroxylation is 1. The van der Waals surface area contributed by atoms with E-state index >= 15 is 0 Å².